The van der Waals surface area contributed by atoms with Crippen molar-refractivity contribution in [1.29, 1.82) is 0 Å². The van der Waals surface area contributed by atoms with Crippen molar-refractivity contribution >= 4 is 11.9 Å². The Bertz CT molecular complexity index is 442. The number of carbonyl (C=O) groups is 2. The minimum absolute atomic E-state index is 0.0296. The maximum Gasteiger partial charge on any atom is 0.307 e. The van der Waals surface area contributed by atoms with Crippen LogP contribution in [0.3, 0.4) is 0 Å². The smallest absolute Gasteiger partial charge is 0.307 e. The fraction of sp³-hybridized carbons (Fsp3) is 0.385. The Morgan fingerprint density at radius 1 is 1.35 bits per heavy atom. The molecule has 0 spiro atoms. The van der Waals surface area contributed by atoms with Gasteiger partial charge in [-0.2, -0.15) is 0 Å². The minimum Gasteiger partial charge on any atom is -0.481 e. The van der Waals surface area contributed by atoms with Gasteiger partial charge in [0.25, 0.3) is 0 Å². The summed E-state index contributed by atoms with van der Waals surface area (Å²) >= 11 is 0. The van der Waals surface area contributed by atoms with E-state index >= 15 is 0 Å². The lowest BCUT2D eigenvalue weighted by atomic mass is 10.1. The van der Waals surface area contributed by atoms with Crippen molar-refractivity contribution in [2.24, 2.45) is 0 Å². The molecule has 4 heteroatoms. The molecule has 0 atom stereocenters. The number of likely N-dealkylation sites (tertiary alicyclic amines) is 1. The molecule has 90 valence electrons. The molecule has 1 aromatic rings. The van der Waals surface area contributed by atoms with Gasteiger partial charge in [-0.1, -0.05) is 24.3 Å². The highest BCUT2D eigenvalue weighted by Gasteiger charge is 2.19. The van der Waals surface area contributed by atoms with Crippen LogP contribution in [-0.2, 0) is 22.6 Å². The molecule has 0 saturated carbocycles. The van der Waals surface area contributed by atoms with Gasteiger partial charge in [0.15, 0.2) is 0 Å². The molecular weight excluding hydrogens is 218 g/mol. The number of carboxylic acids is 1. The largest absolute Gasteiger partial charge is 0.481 e. The van der Waals surface area contributed by atoms with Crippen molar-refractivity contribution in [1.82, 2.24) is 4.90 Å². The van der Waals surface area contributed by atoms with Crippen LogP contribution in [0.25, 0.3) is 0 Å². The number of hydrogen-bond acceptors (Lipinski definition) is 2. The van der Waals surface area contributed by atoms with Crippen LogP contribution in [0.1, 0.15) is 24.0 Å². The molecule has 1 amide bonds. The molecule has 2 rings (SSSR count). The monoisotopic (exact) mass is 233 g/mol. The second-order valence-electron chi connectivity index (χ2n) is 4.31. The number of nitrogens with zero attached hydrogens (tertiary/aromatic N) is 1. The van der Waals surface area contributed by atoms with Crippen molar-refractivity contribution in [3.63, 3.8) is 0 Å². The van der Waals surface area contributed by atoms with E-state index in [0.29, 0.717) is 13.0 Å². The zero-order valence-electron chi connectivity index (χ0n) is 9.56. The normalized spacial score (nSPS) is 15.3. The van der Waals surface area contributed by atoms with E-state index < -0.39 is 5.97 Å². The van der Waals surface area contributed by atoms with E-state index in [9.17, 15) is 9.59 Å². The predicted molar refractivity (Wildman–Crippen MR) is 62.4 cm³/mol. The highest BCUT2D eigenvalue weighted by atomic mass is 16.4. The third-order valence-electron chi connectivity index (χ3n) is 2.89. The van der Waals surface area contributed by atoms with Gasteiger partial charge in [0.1, 0.15) is 0 Å². The van der Waals surface area contributed by atoms with E-state index in [-0.39, 0.29) is 12.3 Å². The second-order valence-corrected chi connectivity index (χ2v) is 4.31. The molecule has 0 bridgehead atoms. The molecule has 1 saturated heterocycles. The molecule has 1 fully saturated rings. The standard InChI is InChI=1S/C13H15NO3/c15-12-5-2-6-14(12)9-11-4-1-3-10(7-11)8-13(16)17/h1,3-4,7H,2,5-6,8-9H2,(H,16,17). The van der Waals surface area contributed by atoms with Crippen molar-refractivity contribution in [2.45, 2.75) is 25.8 Å². The average Bonchev–Trinajstić information content (AvgIpc) is 2.64. The summed E-state index contributed by atoms with van der Waals surface area (Å²) in [6.45, 7) is 1.40. The van der Waals surface area contributed by atoms with Gasteiger partial charge in [-0.05, 0) is 17.5 Å². The van der Waals surface area contributed by atoms with E-state index in [1.165, 1.54) is 0 Å². The number of carbonyl (C=O) groups excluding carboxylic acids is 1. The maximum absolute atomic E-state index is 11.5. The molecule has 0 unspecified atom stereocenters. The van der Waals surface area contributed by atoms with E-state index in [1.807, 2.05) is 23.1 Å². The highest BCUT2D eigenvalue weighted by molar-refractivity contribution is 5.78. The molecule has 17 heavy (non-hydrogen) atoms. The lowest BCUT2D eigenvalue weighted by Crippen LogP contribution is -2.23. The average molecular weight is 233 g/mol. The predicted octanol–water partition coefficient (Wildman–Crippen LogP) is 1.44. The Kier molecular flexibility index (Phi) is 3.42. The number of carboxylic acid groups (broad SMARTS) is 1. The summed E-state index contributed by atoms with van der Waals surface area (Å²) in [5.74, 6) is -0.645. The van der Waals surface area contributed by atoms with Crippen molar-refractivity contribution < 1.29 is 14.7 Å². The Labute approximate surface area is 99.9 Å². The van der Waals surface area contributed by atoms with E-state index in [2.05, 4.69) is 0 Å². The molecular formula is C13H15NO3. The van der Waals surface area contributed by atoms with Gasteiger partial charge < -0.3 is 10.0 Å². The van der Waals surface area contributed by atoms with Crippen molar-refractivity contribution in [3.05, 3.63) is 35.4 Å². The van der Waals surface area contributed by atoms with Crippen LogP contribution < -0.4 is 0 Å². The summed E-state index contributed by atoms with van der Waals surface area (Å²) in [7, 11) is 0. The summed E-state index contributed by atoms with van der Waals surface area (Å²) < 4.78 is 0. The van der Waals surface area contributed by atoms with Crippen LogP contribution >= 0.6 is 0 Å². The Morgan fingerprint density at radius 3 is 2.76 bits per heavy atom. The molecule has 1 N–H and O–H groups in total. The third-order valence-corrected chi connectivity index (χ3v) is 2.89. The highest BCUT2D eigenvalue weighted by Crippen LogP contribution is 2.15. The summed E-state index contributed by atoms with van der Waals surface area (Å²) in [6.07, 6.45) is 1.59. The van der Waals surface area contributed by atoms with Crippen molar-refractivity contribution in [3.8, 4) is 0 Å². The summed E-state index contributed by atoms with van der Waals surface area (Å²) in [6, 6.07) is 7.42. The van der Waals surface area contributed by atoms with Gasteiger partial charge >= 0.3 is 5.97 Å². The Morgan fingerprint density at radius 2 is 2.12 bits per heavy atom. The number of amides is 1. The van der Waals surface area contributed by atoms with Gasteiger partial charge in [-0.15, -0.1) is 0 Å². The van der Waals surface area contributed by atoms with Crippen LogP contribution in [0, 0.1) is 0 Å². The van der Waals surface area contributed by atoms with Crippen LogP contribution in [0.5, 0.6) is 0 Å². The number of benzene rings is 1. The Balaban J connectivity index is 2.05. The zero-order valence-corrected chi connectivity index (χ0v) is 9.56. The molecule has 1 aromatic carbocycles. The summed E-state index contributed by atoms with van der Waals surface area (Å²) in [5.41, 5.74) is 1.78. The molecule has 1 heterocycles. The first-order valence-corrected chi connectivity index (χ1v) is 5.72. The van der Waals surface area contributed by atoms with E-state index in [4.69, 9.17) is 5.11 Å². The molecule has 0 aromatic heterocycles. The van der Waals surface area contributed by atoms with Gasteiger partial charge in [-0.3, -0.25) is 9.59 Å². The SMILES string of the molecule is O=C(O)Cc1cccc(CN2CCCC2=O)c1. The molecule has 0 aliphatic carbocycles. The van der Waals surface area contributed by atoms with E-state index in [0.717, 1.165) is 24.1 Å². The minimum atomic E-state index is -0.834. The lowest BCUT2D eigenvalue weighted by molar-refractivity contribution is -0.136. The molecule has 1 aliphatic rings. The van der Waals surface area contributed by atoms with Crippen LogP contribution in [-0.4, -0.2) is 28.4 Å². The van der Waals surface area contributed by atoms with Crippen molar-refractivity contribution in [2.75, 3.05) is 6.54 Å². The topological polar surface area (TPSA) is 57.6 Å². The quantitative estimate of drug-likeness (QED) is 0.856. The maximum atomic E-state index is 11.5. The summed E-state index contributed by atoms with van der Waals surface area (Å²) in [4.78, 5) is 23.9. The van der Waals surface area contributed by atoms with Crippen LogP contribution in [0.4, 0.5) is 0 Å². The van der Waals surface area contributed by atoms with Gasteiger partial charge in [0, 0.05) is 19.5 Å². The Hall–Kier alpha value is -1.84. The first-order valence-electron chi connectivity index (χ1n) is 5.72. The van der Waals surface area contributed by atoms with E-state index in [1.54, 1.807) is 6.07 Å². The number of aliphatic carboxylic acids is 1. The number of rotatable bonds is 4. The fourth-order valence-electron chi connectivity index (χ4n) is 2.10. The van der Waals surface area contributed by atoms with Gasteiger partial charge in [0.2, 0.25) is 5.91 Å². The molecule has 1 aliphatic heterocycles. The number of hydrogen-bond donors (Lipinski definition) is 1. The fourth-order valence-corrected chi connectivity index (χ4v) is 2.10. The zero-order chi connectivity index (χ0) is 12.3. The first kappa shape index (κ1) is 11.6. The van der Waals surface area contributed by atoms with Gasteiger partial charge in [-0.25, -0.2) is 0 Å². The first-order chi connectivity index (χ1) is 8.15. The molecule has 0 radical (unpaired) electrons. The lowest BCUT2D eigenvalue weighted by Gasteiger charge is -2.15. The molecule has 4 nitrogen and oxygen atoms in total. The summed E-state index contributed by atoms with van der Waals surface area (Å²) in [5, 5.41) is 8.72. The van der Waals surface area contributed by atoms with Crippen LogP contribution in [0.15, 0.2) is 24.3 Å². The second kappa shape index (κ2) is 4.99. The van der Waals surface area contributed by atoms with Crippen LogP contribution in [0.2, 0.25) is 0 Å². The third kappa shape index (κ3) is 3.06. The van der Waals surface area contributed by atoms with Gasteiger partial charge in [0.05, 0.1) is 6.42 Å².